The summed E-state index contributed by atoms with van der Waals surface area (Å²) in [5.74, 6) is 3.11. The first-order valence-electron chi connectivity index (χ1n) is 14.7. The van der Waals surface area contributed by atoms with E-state index < -0.39 is 17.1 Å². The first-order chi connectivity index (χ1) is 16.0. The van der Waals surface area contributed by atoms with Crippen LogP contribution in [0.2, 0.25) is 0 Å². The van der Waals surface area contributed by atoms with Crippen molar-refractivity contribution in [3.05, 3.63) is 0 Å². The van der Waals surface area contributed by atoms with Crippen LogP contribution in [-0.4, -0.2) is 34.9 Å². The molecule has 8 bridgehead atoms. The number of ether oxygens (including phenoxy) is 1. The zero-order valence-electron chi connectivity index (χ0n) is 22.2. The van der Waals surface area contributed by atoms with Gasteiger partial charge in [-0.25, -0.2) is 0 Å². The molecule has 0 aromatic carbocycles. The van der Waals surface area contributed by atoms with E-state index in [-0.39, 0.29) is 11.9 Å². The molecule has 12 atom stereocenters. The molecule has 0 amide bonds. The lowest BCUT2D eigenvalue weighted by Crippen LogP contribution is -2.80. The lowest BCUT2D eigenvalue weighted by molar-refractivity contribution is -0.249. The number of carbonyl (C=O) groups excluding carboxylic acids is 1. The van der Waals surface area contributed by atoms with E-state index in [1.54, 1.807) is 0 Å². The maximum atomic E-state index is 13.1. The van der Waals surface area contributed by atoms with Crippen molar-refractivity contribution in [1.29, 1.82) is 0 Å². The highest BCUT2D eigenvalue weighted by molar-refractivity contribution is 5.81. The molecule has 8 fully saturated rings. The number of hydrogen-bond donors (Lipinski definition) is 2. The van der Waals surface area contributed by atoms with Crippen LogP contribution in [-0.2, 0) is 9.53 Å². The largest absolute Gasteiger partial charge is 0.459 e. The van der Waals surface area contributed by atoms with Gasteiger partial charge in [0, 0.05) is 18.0 Å². The molecule has 4 nitrogen and oxygen atoms in total. The minimum atomic E-state index is -0.733. The first kappa shape index (κ1) is 22.6. The molecule has 3 aliphatic heterocycles. The highest BCUT2D eigenvalue weighted by Gasteiger charge is 2.80. The van der Waals surface area contributed by atoms with Crippen molar-refractivity contribution >= 4 is 5.97 Å². The van der Waals surface area contributed by atoms with Crippen LogP contribution in [0.1, 0.15) is 105 Å². The molecule has 4 heteroatoms. The van der Waals surface area contributed by atoms with Crippen molar-refractivity contribution in [2.45, 2.75) is 129 Å². The Morgan fingerprint density at radius 3 is 2.59 bits per heavy atom. The molecular weight excluding hydrogens is 422 g/mol. The zero-order valence-corrected chi connectivity index (χ0v) is 22.2. The molecule has 0 radical (unpaired) electrons. The van der Waals surface area contributed by atoms with Crippen molar-refractivity contribution < 1.29 is 14.6 Å². The Bertz CT molecular complexity index is 919. The summed E-state index contributed by atoms with van der Waals surface area (Å²) in [6.07, 6.45) is 13.0. The molecule has 0 aromatic heterocycles. The van der Waals surface area contributed by atoms with Gasteiger partial charge in [-0.15, -0.1) is 0 Å². The van der Waals surface area contributed by atoms with E-state index in [0.29, 0.717) is 34.6 Å². The van der Waals surface area contributed by atoms with E-state index in [0.717, 1.165) is 36.6 Å². The summed E-state index contributed by atoms with van der Waals surface area (Å²) >= 11 is 0. The quantitative estimate of drug-likeness (QED) is 0.536. The molecule has 2 N–H and O–H groups in total. The summed E-state index contributed by atoms with van der Waals surface area (Å²) in [4.78, 5) is 13.1. The number of nitrogens with one attached hydrogen (secondary N) is 1. The van der Waals surface area contributed by atoms with Gasteiger partial charge in [-0.05, 0) is 118 Å². The monoisotopic (exact) mass is 469 g/mol. The summed E-state index contributed by atoms with van der Waals surface area (Å²) in [5, 5.41) is 15.5. The Morgan fingerprint density at radius 2 is 1.82 bits per heavy atom. The summed E-state index contributed by atoms with van der Waals surface area (Å²) < 4.78 is 6.08. The average Bonchev–Trinajstić information content (AvgIpc) is 3.40. The van der Waals surface area contributed by atoms with Gasteiger partial charge >= 0.3 is 5.97 Å². The molecule has 1 spiro atoms. The number of fused-ring (bicyclic) bond motifs is 2. The maximum absolute atomic E-state index is 13.1. The van der Waals surface area contributed by atoms with Crippen molar-refractivity contribution in [3.63, 3.8) is 0 Å². The lowest BCUT2D eigenvalue weighted by atomic mass is 9.33. The van der Waals surface area contributed by atoms with E-state index >= 15 is 0 Å². The minimum absolute atomic E-state index is 0.127. The number of piperidine rings is 2. The fraction of sp³-hybridized carbons (Fsp3) is 0.967. The van der Waals surface area contributed by atoms with Crippen LogP contribution in [0.4, 0.5) is 0 Å². The van der Waals surface area contributed by atoms with E-state index in [9.17, 15) is 9.90 Å². The molecule has 0 aromatic rings. The Labute approximate surface area is 206 Å². The molecule has 190 valence electrons. The predicted molar refractivity (Wildman–Crippen MR) is 132 cm³/mol. The molecule has 8 aliphatic rings. The normalized spacial score (nSPS) is 61.1. The van der Waals surface area contributed by atoms with Gasteiger partial charge in [0.2, 0.25) is 0 Å². The zero-order chi connectivity index (χ0) is 23.9. The van der Waals surface area contributed by atoms with Gasteiger partial charge in [0.15, 0.2) is 0 Å². The molecule has 5 aliphatic carbocycles. The topological polar surface area (TPSA) is 58.6 Å². The SMILES string of the molecule is CC(C)C1CCC2(C)C3CCC45CCCC4C2(CCC2C4(C)CCC(O)C2(C)C(=O)O4)C1NC35. The van der Waals surface area contributed by atoms with Crippen LogP contribution >= 0.6 is 0 Å². The van der Waals surface area contributed by atoms with E-state index in [1.807, 2.05) is 6.92 Å². The van der Waals surface area contributed by atoms with E-state index in [2.05, 4.69) is 33.0 Å². The van der Waals surface area contributed by atoms with E-state index in [1.165, 1.54) is 51.4 Å². The van der Waals surface area contributed by atoms with Gasteiger partial charge in [0.1, 0.15) is 5.60 Å². The van der Waals surface area contributed by atoms with Gasteiger partial charge in [-0.1, -0.05) is 27.2 Å². The Balaban J connectivity index is 1.33. The third kappa shape index (κ3) is 2.22. The molecule has 34 heavy (non-hydrogen) atoms. The average molecular weight is 470 g/mol. The smallest absolute Gasteiger partial charge is 0.315 e. The highest BCUT2D eigenvalue weighted by atomic mass is 16.6. The molecule has 8 rings (SSSR count). The van der Waals surface area contributed by atoms with Crippen molar-refractivity contribution in [1.82, 2.24) is 5.32 Å². The first-order valence-corrected chi connectivity index (χ1v) is 14.7. The second-order valence-electron chi connectivity index (χ2n) is 15.0. The summed E-state index contributed by atoms with van der Waals surface area (Å²) in [7, 11) is 0. The maximum Gasteiger partial charge on any atom is 0.315 e. The van der Waals surface area contributed by atoms with Crippen LogP contribution in [0.15, 0.2) is 0 Å². The van der Waals surface area contributed by atoms with Crippen molar-refractivity contribution in [2.75, 3.05) is 0 Å². The minimum Gasteiger partial charge on any atom is -0.459 e. The predicted octanol–water partition coefficient (Wildman–Crippen LogP) is 5.47. The third-order valence-electron chi connectivity index (χ3n) is 14.2. The van der Waals surface area contributed by atoms with Crippen LogP contribution in [0.5, 0.6) is 0 Å². The standard InChI is InChI=1S/C30H47NO3/c1-17(2)18-8-13-26(3)19-9-15-29-12-6-7-21(29)30(26,23(18)31-24(19)29)16-10-20-27(4)14-11-22(32)28(20,5)25(33)34-27/h17-24,31-32H,6-16H2,1-5H3. The molecule has 5 saturated carbocycles. The van der Waals surface area contributed by atoms with E-state index in [4.69, 9.17) is 4.74 Å². The van der Waals surface area contributed by atoms with Crippen molar-refractivity contribution in [2.24, 2.45) is 51.2 Å². The number of hydrogen-bond acceptors (Lipinski definition) is 4. The second kappa shape index (κ2) is 6.63. The number of carbonyl (C=O) groups is 1. The Morgan fingerprint density at radius 1 is 1.03 bits per heavy atom. The number of esters is 1. The summed E-state index contributed by atoms with van der Waals surface area (Å²) in [6.45, 7) is 11.8. The Hall–Kier alpha value is -0.610. The van der Waals surface area contributed by atoms with Crippen LogP contribution in [0.25, 0.3) is 0 Å². The molecular formula is C30H47NO3. The van der Waals surface area contributed by atoms with Crippen LogP contribution in [0, 0.1) is 51.2 Å². The fourth-order valence-electron chi connectivity index (χ4n) is 12.7. The van der Waals surface area contributed by atoms with Gasteiger partial charge in [0.05, 0.1) is 11.5 Å². The third-order valence-corrected chi connectivity index (χ3v) is 14.2. The van der Waals surface area contributed by atoms with Crippen LogP contribution < -0.4 is 5.32 Å². The molecule has 3 saturated heterocycles. The molecule has 12 unspecified atom stereocenters. The summed E-state index contributed by atoms with van der Waals surface area (Å²) in [5.41, 5.74) is 0.130. The van der Waals surface area contributed by atoms with Gasteiger partial charge < -0.3 is 15.2 Å². The van der Waals surface area contributed by atoms with Crippen molar-refractivity contribution in [3.8, 4) is 0 Å². The Kier molecular flexibility index (Phi) is 4.40. The van der Waals surface area contributed by atoms with Crippen LogP contribution in [0.3, 0.4) is 0 Å². The molecule has 3 heterocycles. The summed E-state index contributed by atoms with van der Waals surface area (Å²) in [6, 6.07) is 1.36. The van der Waals surface area contributed by atoms with Gasteiger partial charge in [0.25, 0.3) is 0 Å². The number of aliphatic hydroxyl groups is 1. The fourth-order valence-corrected chi connectivity index (χ4v) is 12.7. The van der Waals surface area contributed by atoms with Gasteiger partial charge in [-0.3, -0.25) is 4.79 Å². The number of rotatable bonds is 4. The highest BCUT2D eigenvalue weighted by Crippen LogP contribution is 2.81. The van der Waals surface area contributed by atoms with Gasteiger partial charge in [-0.2, -0.15) is 0 Å². The second-order valence-corrected chi connectivity index (χ2v) is 15.0. The number of aliphatic hydroxyl groups excluding tert-OH is 1. The lowest BCUT2D eigenvalue weighted by Gasteiger charge is -2.76.